The summed E-state index contributed by atoms with van der Waals surface area (Å²) in [6, 6.07) is 0. The van der Waals surface area contributed by atoms with Gasteiger partial charge in [0.05, 0.1) is 10.2 Å². The molecule has 9 heteroatoms. The zero-order valence-electron chi connectivity index (χ0n) is 13.1. The number of aliphatic imine (C=N–C) groups is 2. The number of halogens is 2. The molecule has 2 saturated heterocycles. The second-order valence-corrected chi connectivity index (χ2v) is 7.31. The van der Waals surface area contributed by atoms with Crippen LogP contribution in [0.3, 0.4) is 0 Å². The lowest BCUT2D eigenvalue weighted by Gasteiger charge is -2.24. The highest BCUT2D eigenvalue weighted by atomic mass is 79.9. The van der Waals surface area contributed by atoms with Crippen LogP contribution in [0.5, 0.6) is 0 Å². The van der Waals surface area contributed by atoms with Gasteiger partial charge in [0.1, 0.15) is 0 Å². The predicted molar refractivity (Wildman–Crippen MR) is 90.9 cm³/mol. The number of anilines is 1. The fourth-order valence-corrected chi connectivity index (χ4v) is 3.71. The van der Waals surface area contributed by atoms with Gasteiger partial charge in [-0.25, -0.2) is 19.4 Å². The number of guanidine groups is 1. The summed E-state index contributed by atoms with van der Waals surface area (Å²) in [6.07, 6.45) is 1.80. The SMILES string of the molecule is CC1=NC(N2CC3CN(c4ncc(Br)cn4)CC3C2)=NC(=O)C1F. The first-order valence-corrected chi connectivity index (χ1v) is 8.60. The molecular formula is C15H16BrFN6O. The molecule has 0 N–H and O–H groups in total. The van der Waals surface area contributed by atoms with Crippen molar-refractivity contribution in [3.05, 3.63) is 16.9 Å². The molecule has 0 bridgehead atoms. The number of rotatable bonds is 1. The van der Waals surface area contributed by atoms with Crippen molar-refractivity contribution in [2.24, 2.45) is 21.8 Å². The van der Waals surface area contributed by atoms with Gasteiger partial charge in [-0.2, -0.15) is 4.99 Å². The van der Waals surface area contributed by atoms with Crippen LogP contribution in [0.4, 0.5) is 10.3 Å². The van der Waals surface area contributed by atoms with E-state index in [0.29, 0.717) is 17.8 Å². The molecule has 4 heterocycles. The maximum absolute atomic E-state index is 13.5. The van der Waals surface area contributed by atoms with Crippen molar-refractivity contribution in [2.75, 3.05) is 31.1 Å². The Labute approximate surface area is 146 Å². The quantitative estimate of drug-likeness (QED) is 0.717. The second-order valence-electron chi connectivity index (χ2n) is 6.40. The van der Waals surface area contributed by atoms with Gasteiger partial charge in [0.25, 0.3) is 5.91 Å². The van der Waals surface area contributed by atoms with E-state index < -0.39 is 12.1 Å². The Bertz CT molecular complexity index is 722. The van der Waals surface area contributed by atoms with Gasteiger partial charge < -0.3 is 9.80 Å². The zero-order chi connectivity index (χ0) is 16.8. The topological polar surface area (TPSA) is 74.1 Å². The first-order valence-electron chi connectivity index (χ1n) is 7.80. The Morgan fingerprint density at radius 2 is 1.67 bits per heavy atom. The first-order chi connectivity index (χ1) is 11.5. The molecule has 1 aromatic heterocycles. The molecule has 126 valence electrons. The molecule has 0 aromatic carbocycles. The number of fused-ring (bicyclic) bond motifs is 1. The lowest BCUT2D eigenvalue weighted by Crippen LogP contribution is -2.38. The van der Waals surface area contributed by atoms with Crippen LogP contribution in [-0.4, -0.2) is 64.8 Å². The van der Waals surface area contributed by atoms with E-state index in [9.17, 15) is 9.18 Å². The predicted octanol–water partition coefficient (Wildman–Crippen LogP) is 1.30. The maximum Gasteiger partial charge on any atom is 0.289 e. The van der Waals surface area contributed by atoms with Crippen molar-refractivity contribution in [1.82, 2.24) is 14.9 Å². The third-order valence-corrected chi connectivity index (χ3v) is 5.14. The monoisotopic (exact) mass is 394 g/mol. The number of nitrogens with zero attached hydrogens (tertiary/aromatic N) is 6. The third kappa shape index (κ3) is 2.70. The van der Waals surface area contributed by atoms with E-state index in [-0.39, 0.29) is 5.71 Å². The smallest absolute Gasteiger partial charge is 0.289 e. The van der Waals surface area contributed by atoms with E-state index in [0.717, 1.165) is 36.6 Å². The summed E-state index contributed by atoms with van der Waals surface area (Å²) >= 11 is 3.34. The van der Waals surface area contributed by atoms with E-state index in [1.54, 1.807) is 12.4 Å². The lowest BCUT2D eigenvalue weighted by atomic mass is 10.0. The van der Waals surface area contributed by atoms with Gasteiger partial charge in [0.2, 0.25) is 18.1 Å². The van der Waals surface area contributed by atoms with Gasteiger partial charge in [-0.05, 0) is 22.9 Å². The molecule has 3 unspecified atom stereocenters. The van der Waals surface area contributed by atoms with Crippen molar-refractivity contribution in [3.8, 4) is 0 Å². The third-order valence-electron chi connectivity index (χ3n) is 4.73. The first kappa shape index (κ1) is 15.6. The minimum atomic E-state index is -1.69. The Hall–Kier alpha value is -1.90. The van der Waals surface area contributed by atoms with Crippen molar-refractivity contribution in [2.45, 2.75) is 13.1 Å². The van der Waals surface area contributed by atoms with Crippen LogP contribution in [0, 0.1) is 11.8 Å². The largest absolute Gasteiger partial charge is 0.340 e. The highest BCUT2D eigenvalue weighted by molar-refractivity contribution is 9.10. The van der Waals surface area contributed by atoms with Gasteiger partial charge in [-0.1, -0.05) is 0 Å². The summed E-state index contributed by atoms with van der Waals surface area (Å²) in [6.45, 7) is 4.77. The number of alkyl halides is 1. The average molecular weight is 395 g/mol. The van der Waals surface area contributed by atoms with Crippen LogP contribution in [0.25, 0.3) is 0 Å². The summed E-state index contributed by atoms with van der Waals surface area (Å²) in [7, 11) is 0. The maximum atomic E-state index is 13.5. The minimum Gasteiger partial charge on any atom is -0.340 e. The lowest BCUT2D eigenvalue weighted by molar-refractivity contribution is -0.120. The number of hydrogen-bond donors (Lipinski definition) is 0. The van der Waals surface area contributed by atoms with Gasteiger partial charge in [-0.15, -0.1) is 0 Å². The fraction of sp³-hybridized carbons (Fsp3) is 0.533. The number of carbonyl (C=O) groups excluding carboxylic acids is 1. The van der Waals surface area contributed by atoms with Gasteiger partial charge in [0, 0.05) is 50.4 Å². The molecule has 3 atom stereocenters. The summed E-state index contributed by atoms with van der Waals surface area (Å²) in [5, 5.41) is 0. The Morgan fingerprint density at radius 3 is 2.25 bits per heavy atom. The molecule has 2 fully saturated rings. The highest BCUT2D eigenvalue weighted by Gasteiger charge is 2.42. The van der Waals surface area contributed by atoms with Gasteiger partial charge in [0.15, 0.2) is 0 Å². The van der Waals surface area contributed by atoms with Crippen LogP contribution in [0.2, 0.25) is 0 Å². The Kier molecular flexibility index (Phi) is 3.82. The van der Waals surface area contributed by atoms with Crippen LogP contribution in [0.15, 0.2) is 26.9 Å². The van der Waals surface area contributed by atoms with Crippen molar-refractivity contribution in [3.63, 3.8) is 0 Å². The molecule has 24 heavy (non-hydrogen) atoms. The van der Waals surface area contributed by atoms with Crippen LogP contribution >= 0.6 is 15.9 Å². The molecule has 7 nitrogen and oxygen atoms in total. The standard InChI is InChI=1S/C15H16BrFN6O/c1-8-12(17)13(24)21-15(20-8)23-6-9-4-22(5-10(9)7-23)14-18-2-11(16)3-19-14/h2-3,9-10,12H,4-7H2,1H3. The number of hydrogen-bond acceptors (Lipinski definition) is 6. The second kappa shape index (κ2) is 5.87. The molecule has 3 aliphatic heterocycles. The fourth-order valence-electron chi connectivity index (χ4n) is 3.50. The minimum absolute atomic E-state index is 0.187. The number of likely N-dealkylation sites (tertiary alicyclic amines) is 1. The van der Waals surface area contributed by atoms with E-state index in [2.05, 4.69) is 40.8 Å². The molecular weight excluding hydrogens is 379 g/mol. The highest BCUT2D eigenvalue weighted by Crippen LogP contribution is 2.33. The summed E-state index contributed by atoms with van der Waals surface area (Å²) in [5.41, 5.74) is 0.187. The van der Waals surface area contributed by atoms with E-state index in [1.807, 2.05) is 4.90 Å². The normalized spacial score (nSPS) is 29.6. The molecule has 0 aliphatic carbocycles. The van der Waals surface area contributed by atoms with E-state index in [1.165, 1.54) is 6.92 Å². The van der Waals surface area contributed by atoms with E-state index >= 15 is 0 Å². The number of amides is 1. The number of carbonyl (C=O) groups is 1. The molecule has 0 spiro atoms. The molecule has 0 saturated carbocycles. The summed E-state index contributed by atoms with van der Waals surface area (Å²) in [4.78, 5) is 32.4. The molecule has 4 rings (SSSR count). The Balaban J connectivity index is 1.44. The average Bonchev–Trinajstić information content (AvgIpc) is 3.11. The molecule has 1 aromatic rings. The van der Waals surface area contributed by atoms with Gasteiger partial charge >= 0.3 is 0 Å². The number of aromatic nitrogens is 2. The van der Waals surface area contributed by atoms with E-state index in [4.69, 9.17) is 0 Å². The molecule has 1 amide bonds. The van der Waals surface area contributed by atoms with Crippen molar-refractivity contribution < 1.29 is 9.18 Å². The van der Waals surface area contributed by atoms with Crippen LogP contribution < -0.4 is 4.90 Å². The Morgan fingerprint density at radius 1 is 1.08 bits per heavy atom. The molecule has 0 radical (unpaired) electrons. The van der Waals surface area contributed by atoms with Crippen LogP contribution in [0.1, 0.15) is 6.92 Å². The van der Waals surface area contributed by atoms with Crippen molar-refractivity contribution in [1.29, 1.82) is 0 Å². The zero-order valence-corrected chi connectivity index (χ0v) is 14.6. The van der Waals surface area contributed by atoms with Gasteiger partial charge in [-0.3, -0.25) is 4.79 Å². The van der Waals surface area contributed by atoms with Crippen LogP contribution in [-0.2, 0) is 4.79 Å². The molecule has 3 aliphatic rings. The summed E-state index contributed by atoms with van der Waals surface area (Å²) in [5.74, 6) is 1.22. The summed E-state index contributed by atoms with van der Waals surface area (Å²) < 4.78 is 14.4. The van der Waals surface area contributed by atoms with Crippen molar-refractivity contribution >= 4 is 39.5 Å².